The number of nitrogens with zero attached hydrogens (tertiary/aromatic N) is 3. The van der Waals surface area contributed by atoms with Gasteiger partial charge < -0.3 is 15.5 Å². The lowest BCUT2D eigenvalue weighted by Gasteiger charge is -2.07. The van der Waals surface area contributed by atoms with Crippen LogP contribution in [0.15, 0.2) is 17.4 Å². The van der Waals surface area contributed by atoms with Crippen molar-refractivity contribution in [3.05, 3.63) is 38.2 Å². The van der Waals surface area contributed by atoms with Gasteiger partial charge in [0, 0.05) is 42.1 Å². The van der Waals surface area contributed by atoms with E-state index in [4.69, 9.17) is 0 Å². The van der Waals surface area contributed by atoms with Crippen LogP contribution in [0.5, 0.6) is 0 Å². The topological polar surface area (TPSA) is 100 Å². The van der Waals surface area contributed by atoms with Gasteiger partial charge in [-0.25, -0.2) is 4.98 Å². The van der Waals surface area contributed by atoms with Crippen LogP contribution in [0.25, 0.3) is 0 Å². The third kappa shape index (κ3) is 7.48. The second kappa shape index (κ2) is 9.49. The Morgan fingerprint density at radius 2 is 2.32 bits per heavy atom. The zero-order valence-corrected chi connectivity index (χ0v) is 14.5. The van der Waals surface area contributed by atoms with Crippen molar-refractivity contribution < 1.29 is 9.13 Å². The SMILES string of the molecule is CN/C(=C\[N+](=O)[O-])NCCS(=O)Cc1csc(CN(C)C)n1. The summed E-state index contributed by atoms with van der Waals surface area (Å²) < 4.78 is 12.0. The molecule has 0 saturated heterocycles. The summed E-state index contributed by atoms with van der Waals surface area (Å²) in [6.07, 6.45) is 0.844. The molecule has 1 aromatic rings. The van der Waals surface area contributed by atoms with Crippen LogP contribution < -0.4 is 10.6 Å². The second-order valence-electron chi connectivity index (χ2n) is 4.76. The van der Waals surface area contributed by atoms with E-state index in [0.717, 1.165) is 23.4 Å². The van der Waals surface area contributed by atoms with Crippen LogP contribution in [0.3, 0.4) is 0 Å². The lowest BCUT2D eigenvalue weighted by atomic mass is 10.5. The van der Waals surface area contributed by atoms with E-state index in [0.29, 0.717) is 23.9 Å². The van der Waals surface area contributed by atoms with Crippen LogP contribution in [0.2, 0.25) is 0 Å². The summed E-state index contributed by atoms with van der Waals surface area (Å²) in [6.45, 7) is 1.16. The number of nitro groups is 1. The Morgan fingerprint density at radius 1 is 1.59 bits per heavy atom. The molecule has 1 heterocycles. The maximum atomic E-state index is 12.0. The summed E-state index contributed by atoms with van der Waals surface area (Å²) in [5.41, 5.74) is 0.829. The number of thiazole rings is 1. The molecule has 0 aliphatic carbocycles. The molecule has 1 aromatic heterocycles. The van der Waals surface area contributed by atoms with Gasteiger partial charge in [-0.3, -0.25) is 14.3 Å². The second-order valence-corrected chi connectivity index (χ2v) is 7.28. The van der Waals surface area contributed by atoms with E-state index in [-0.39, 0.29) is 0 Å². The predicted molar refractivity (Wildman–Crippen MR) is 88.4 cm³/mol. The van der Waals surface area contributed by atoms with Gasteiger partial charge in [-0.15, -0.1) is 11.3 Å². The molecule has 8 nitrogen and oxygen atoms in total. The average Bonchev–Trinajstić information content (AvgIpc) is 2.83. The fourth-order valence-corrected chi connectivity index (χ4v) is 3.57. The molecule has 0 spiro atoms. The molecule has 124 valence electrons. The van der Waals surface area contributed by atoms with E-state index in [1.54, 1.807) is 18.4 Å². The summed E-state index contributed by atoms with van der Waals surface area (Å²) in [6, 6.07) is 0. The molecule has 0 aromatic carbocycles. The molecular formula is C12H21N5O3S2. The van der Waals surface area contributed by atoms with Gasteiger partial charge in [0.1, 0.15) is 5.01 Å². The molecule has 1 rings (SSSR count). The molecule has 0 fully saturated rings. The normalized spacial score (nSPS) is 13.2. The van der Waals surface area contributed by atoms with Crippen LogP contribution in [0, 0.1) is 10.1 Å². The monoisotopic (exact) mass is 347 g/mol. The zero-order chi connectivity index (χ0) is 16.5. The molecule has 22 heavy (non-hydrogen) atoms. The molecule has 0 aliphatic rings. The maximum absolute atomic E-state index is 12.0. The van der Waals surface area contributed by atoms with Crippen molar-refractivity contribution in [1.82, 2.24) is 20.5 Å². The molecule has 1 unspecified atom stereocenters. The largest absolute Gasteiger partial charge is 0.370 e. The van der Waals surface area contributed by atoms with Crippen molar-refractivity contribution in [1.29, 1.82) is 0 Å². The highest BCUT2D eigenvalue weighted by Gasteiger charge is 2.08. The van der Waals surface area contributed by atoms with Crippen molar-refractivity contribution in [2.24, 2.45) is 0 Å². The standard InChI is InChI=1S/C12H21N5O3S2/c1-13-11(6-17(18)19)14-4-5-22(20)9-10-8-21-12(15-10)7-16(2)3/h6,8,13-14H,4-5,7,9H2,1-3H3/b11-6+. The molecule has 2 N–H and O–H groups in total. The summed E-state index contributed by atoms with van der Waals surface area (Å²) >= 11 is 1.56. The highest BCUT2D eigenvalue weighted by Crippen LogP contribution is 2.12. The Labute approximate surface area is 136 Å². The summed E-state index contributed by atoms with van der Waals surface area (Å²) in [5, 5.41) is 18.8. The quantitative estimate of drug-likeness (QED) is 0.465. The Balaban J connectivity index is 2.37. The molecule has 0 amide bonds. The molecule has 0 aliphatic heterocycles. The number of hydrogen-bond acceptors (Lipinski definition) is 8. The van der Waals surface area contributed by atoms with E-state index in [9.17, 15) is 14.3 Å². The first-order valence-electron chi connectivity index (χ1n) is 6.60. The third-order valence-corrected chi connectivity index (χ3v) is 4.67. The first kappa shape index (κ1) is 18.5. The number of nitrogens with one attached hydrogen (secondary N) is 2. The zero-order valence-electron chi connectivity index (χ0n) is 12.9. The minimum Gasteiger partial charge on any atom is -0.370 e. The van der Waals surface area contributed by atoms with Gasteiger partial charge in [0.05, 0.1) is 16.4 Å². The molecule has 0 saturated carbocycles. The highest BCUT2D eigenvalue weighted by atomic mass is 32.2. The van der Waals surface area contributed by atoms with Crippen LogP contribution in [0.1, 0.15) is 10.7 Å². The van der Waals surface area contributed by atoms with Gasteiger partial charge in [-0.05, 0) is 14.1 Å². The van der Waals surface area contributed by atoms with E-state index in [2.05, 4.69) is 15.6 Å². The van der Waals surface area contributed by atoms with Crippen LogP contribution in [0.4, 0.5) is 0 Å². The van der Waals surface area contributed by atoms with Crippen molar-refractivity contribution in [2.75, 3.05) is 33.4 Å². The minimum absolute atomic E-state index is 0.295. The predicted octanol–water partition coefficient (Wildman–Crippen LogP) is 0.338. The maximum Gasteiger partial charge on any atom is 0.274 e. The lowest BCUT2D eigenvalue weighted by Crippen LogP contribution is -2.28. The Kier molecular flexibility index (Phi) is 7.99. The van der Waals surface area contributed by atoms with E-state index in [1.165, 1.54) is 0 Å². The fourth-order valence-electron chi connectivity index (χ4n) is 1.60. The van der Waals surface area contributed by atoms with Crippen LogP contribution >= 0.6 is 11.3 Å². The van der Waals surface area contributed by atoms with Gasteiger partial charge in [-0.1, -0.05) is 0 Å². The first-order chi connectivity index (χ1) is 10.4. The van der Waals surface area contributed by atoms with Crippen molar-refractivity contribution in [3.63, 3.8) is 0 Å². The first-order valence-corrected chi connectivity index (χ1v) is 8.97. The van der Waals surface area contributed by atoms with Gasteiger partial charge in [0.25, 0.3) is 6.20 Å². The molecule has 0 radical (unpaired) electrons. The lowest BCUT2D eigenvalue weighted by molar-refractivity contribution is -0.404. The number of hydrogen-bond donors (Lipinski definition) is 2. The smallest absolute Gasteiger partial charge is 0.274 e. The van der Waals surface area contributed by atoms with Crippen molar-refractivity contribution in [3.8, 4) is 0 Å². The number of aromatic nitrogens is 1. The Hall–Kier alpha value is -1.52. The van der Waals surface area contributed by atoms with Gasteiger partial charge in [0.2, 0.25) is 0 Å². The van der Waals surface area contributed by atoms with Gasteiger partial charge in [0.15, 0.2) is 5.82 Å². The van der Waals surface area contributed by atoms with E-state index >= 15 is 0 Å². The van der Waals surface area contributed by atoms with E-state index in [1.807, 2.05) is 24.4 Å². The van der Waals surface area contributed by atoms with Gasteiger partial charge >= 0.3 is 0 Å². The summed E-state index contributed by atoms with van der Waals surface area (Å²) in [4.78, 5) is 16.3. The van der Waals surface area contributed by atoms with Crippen LogP contribution in [-0.2, 0) is 23.1 Å². The molecular weight excluding hydrogens is 326 g/mol. The minimum atomic E-state index is -1.06. The van der Waals surface area contributed by atoms with Crippen molar-refractivity contribution >= 4 is 22.1 Å². The van der Waals surface area contributed by atoms with E-state index < -0.39 is 15.7 Å². The Morgan fingerprint density at radius 3 is 2.91 bits per heavy atom. The van der Waals surface area contributed by atoms with Crippen LogP contribution in [-0.4, -0.2) is 52.5 Å². The summed E-state index contributed by atoms with van der Waals surface area (Å²) in [5.74, 6) is 1.10. The number of rotatable bonds is 10. The third-order valence-electron chi connectivity index (χ3n) is 2.51. The molecule has 10 heteroatoms. The fraction of sp³-hybridized carbons (Fsp3) is 0.583. The Bertz CT molecular complexity index is 545. The molecule has 0 bridgehead atoms. The highest BCUT2D eigenvalue weighted by molar-refractivity contribution is 7.84. The summed E-state index contributed by atoms with van der Waals surface area (Å²) in [7, 11) is 4.48. The van der Waals surface area contributed by atoms with Crippen molar-refractivity contribution in [2.45, 2.75) is 12.3 Å². The molecule has 1 atom stereocenters. The van der Waals surface area contributed by atoms with Gasteiger partial charge in [-0.2, -0.15) is 0 Å². The average molecular weight is 347 g/mol.